The highest BCUT2D eigenvalue weighted by Crippen LogP contribution is 2.27. The predicted molar refractivity (Wildman–Crippen MR) is 68.2 cm³/mol. The molecule has 1 aliphatic heterocycles. The zero-order chi connectivity index (χ0) is 12.5. The van der Waals surface area contributed by atoms with E-state index >= 15 is 0 Å². The Morgan fingerprint density at radius 2 is 2.29 bits per heavy atom. The molecule has 92 valence electrons. The highest BCUT2D eigenvalue weighted by molar-refractivity contribution is 5.90. The lowest BCUT2D eigenvalue weighted by Crippen LogP contribution is -2.62. The molecule has 1 aromatic rings. The number of anilines is 2. The van der Waals surface area contributed by atoms with Crippen molar-refractivity contribution in [2.24, 2.45) is 0 Å². The zero-order valence-corrected chi connectivity index (χ0v) is 10.4. The quantitative estimate of drug-likeness (QED) is 0.796. The summed E-state index contributed by atoms with van der Waals surface area (Å²) in [6.45, 7) is 5.35. The zero-order valence-electron chi connectivity index (χ0n) is 10.4. The molecule has 0 bridgehead atoms. The molecule has 5 heteroatoms. The van der Waals surface area contributed by atoms with Gasteiger partial charge in [-0.05, 0) is 19.9 Å². The fraction of sp³-hybridized carbons (Fsp3) is 0.500. The van der Waals surface area contributed by atoms with E-state index in [9.17, 15) is 4.79 Å². The van der Waals surface area contributed by atoms with E-state index in [4.69, 9.17) is 0 Å². The first kappa shape index (κ1) is 11.7. The maximum Gasteiger partial charge on any atom is 0.245 e. The van der Waals surface area contributed by atoms with Gasteiger partial charge in [-0.15, -0.1) is 0 Å². The number of hydrogen-bond acceptors (Lipinski definition) is 4. The molecule has 17 heavy (non-hydrogen) atoms. The van der Waals surface area contributed by atoms with Gasteiger partial charge in [0.25, 0.3) is 0 Å². The number of carbonyl (C=O) groups is 1. The summed E-state index contributed by atoms with van der Waals surface area (Å²) in [5.74, 6) is 0.871. The molecule has 2 N–H and O–H groups in total. The molecule has 0 unspecified atom stereocenters. The van der Waals surface area contributed by atoms with Crippen LogP contribution in [0.1, 0.15) is 13.8 Å². The van der Waals surface area contributed by atoms with Crippen LogP contribution in [0.4, 0.5) is 11.5 Å². The minimum Gasteiger partial charge on any atom is -0.373 e. The molecule has 1 aliphatic rings. The summed E-state index contributed by atoms with van der Waals surface area (Å²) in [4.78, 5) is 18.2. The third-order valence-corrected chi connectivity index (χ3v) is 3.16. The second kappa shape index (κ2) is 4.24. The Hall–Kier alpha value is -1.78. The Morgan fingerprint density at radius 1 is 1.53 bits per heavy atom. The Balaban J connectivity index is 2.34. The Labute approximate surface area is 101 Å². The van der Waals surface area contributed by atoms with Crippen molar-refractivity contribution in [2.75, 3.05) is 30.4 Å². The van der Waals surface area contributed by atoms with Crippen molar-refractivity contribution in [2.45, 2.75) is 19.4 Å². The topological polar surface area (TPSA) is 57.3 Å². The second-order valence-corrected chi connectivity index (χ2v) is 4.62. The molecule has 2 rings (SSSR count). The number of hydrogen-bond donors (Lipinski definition) is 2. The van der Waals surface area contributed by atoms with E-state index in [2.05, 4.69) is 20.5 Å². The molecule has 5 nitrogen and oxygen atoms in total. The predicted octanol–water partition coefficient (Wildman–Crippen LogP) is 0.838. The SMILES string of the molecule is CNc1cc(N2CCNC(=O)C2(C)C)ccn1. The lowest BCUT2D eigenvalue weighted by atomic mass is 9.98. The lowest BCUT2D eigenvalue weighted by Gasteiger charge is -2.42. The summed E-state index contributed by atoms with van der Waals surface area (Å²) in [6, 6.07) is 3.89. The van der Waals surface area contributed by atoms with Crippen LogP contribution >= 0.6 is 0 Å². The van der Waals surface area contributed by atoms with Crippen molar-refractivity contribution < 1.29 is 4.79 Å². The van der Waals surface area contributed by atoms with E-state index in [0.717, 1.165) is 18.1 Å². The number of pyridine rings is 1. The molecule has 0 spiro atoms. The van der Waals surface area contributed by atoms with Gasteiger partial charge in [0, 0.05) is 38.1 Å². The average molecular weight is 234 g/mol. The summed E-state index contributed by atoms with van der Waals surface area (Å²) in [6.07, 6.45) is 1.75. The van der Waals surface area contributed by atoms with Gasteiger partial charge < -0.3 is 15.5 Å². The molecule has 0 atom stereocenters. The van der Waals surface area contributed by atoms with Crippen molar-refractivity contribution >= 4 is 17.4 Å². The van der Waals surface area contributed by atoms with Gasteiger partial charge in [-0.2, -0.15) is 0 Å². The molecule has 0 aromatic carbocycles. The Bertz CT molecular complexity index is 430. The highest BCUT2D eigenvalue weighted by Gasteiger charge is 2.37. The number of nitrogens with one attached hydrogen (secondary N) is 2. The highest BCUT2D eigenvalue weighted by atomic mass is 16.2. The largest absolute Gasteiger partial charge is 0.373 e. The van der Waals surface area contributed by atoms with E-state index in [1.165, 1.54) is 0 Å². The standard InChI is InChI=1S/C12H18N4O/c1-12(2)11(17)15-6-7-16(12)9-4-5-14-10(8-9)13-3/h4-5,8H,6-7H2,1-3H3,(H,13,14)(H,15,17). The molecule has 0 saturated carbocycles. The van der Waals surface area contributed by atoms with Crippen molar-refractivity contribution in [1.29, 1.82) is 0 Å². The molecular formula is C12H18N4O. The van der Waals surface area contributed by atoms with Crippen LogP contribution < -0.4 is 15.5 Å². The van der Waals surface area contributed by atoms with Gasteiger partial charge in [-0.25, -0.2) is 4.98 Å². The van der Waals surface area contributed by atoms with Gasteiger partial charge in [0.15, 0.2) is 0 Å². The van der Waals surface area contributed by atoms with Gasteiger partial charge in [-0.3, -0.25) is 4.79 Å². The Morgan fingerprint density at radius 3 is 3.00 bits per heavy atom. The Kier molecular flexibility index (Phi) is 2.92. The molecule has 1 aromatic heterocycles. The first-order valence-corrected chi connectivity index (χ1v) is 5.75. The number of aromatic nitrogens is 1. The van der Waals surface area contributed by atoms with Crippen LogP contribution in [0.3, 0.4) is 0 Å². The van der Waals surface area contributed by atoms with Crippen LogP contribution in [-0.4, -0.2) is 36.6 Å². The number of rotatable bonds is 2. The summed E-state index contributed by atoms with van der Waals surface area (Å²) in [5.41, 5.74) is 0.495. The smallest absolute Gasteiger partial charge is 0.245 e. The summed E-state index contributed by atoms with van der Waals surface area (Å²) >= 11 is 0. The molecular weight excluding hydrogens is 216 g/mol. The van der Waals surface area contributed by atoms with Crippen molar-refractivity contribution in [1.82, 2.24) is 10.3 Å². The summed E-state index contributed by atoms with van der Waals surface area (Å²) in [5, 5.41) is 5.90. The lowest BCUT2D eigenvalue weighted by molar-refractivity contribution is -0.126. The van der Waals surface area contributed by atoms with Crippen LogP contribution in [0.2, 0.25) is 0 Å². The summed E-state index contributed by atoms with van der Waals surface area (Å²) in [7, 11) is 1.83. The van der Waals surface area contributed by atoms with Crippen molar-refractivity contribution in [3.63, 3.8) is 0 Å². The molecule has 0 radical (unpaired) electrons. The van der Waals surface area contributed by atoms with Crippen LogP contribution in [0, 0.1) is 0 Å². The van der Waals surface area contributed by atoms with E-state index in [1.807, 2.05) is 33.0 Å². The van der Waals surface area contributed by atoms with Gasteiger partial charge >= 0.3 is 0 Å². The van der Waals surface area contributed by atoms with E-state index in [-0.39, 0.29) is 5.91 Å². The normalized spacial score (nSPS) is 18.8. The maximum absolute atomic E-state index is 11.9. The molecule has 1 fully saturated rings. The number of carbonyl (C=O) groups excluding carboxylic acids is 1. The summed E-state index contributed by atoms with van der Waals surface area (Å²) < 4.78 is 0. The second-order valence-electron chi connectivity index (χ2n) is 4.62. The van der Waals surface area contributed by atoms with Crippen LogP contribution in [-0.2, 0) is 4.79 Å². The fourth-order valence-electron chi connectivity index (χ4n) is 2.08. The van der Waals surface area contributed by atoms with Crippen molar-refractivity contribution in [3.05, 3.63) is 18.3 Å². The first-order chi connectivity index (χ1) is 8.05. The van der Waals surface area contributed by atoms with E-state index in [1.54, 1.807) is 6.20 Å². The molecule has 1 saturated heterocycles. The number of piperazine rings is 1. The van der Waals surface area contributed by atoms with E-state index < -0.39 is 5.54 Å². The minimum absolute atomic E-state index is 0.0616. The van der Waals surface area contributed by atoms with Crippen molar-refractivity contribution in [3.8, 4) is 0 Å². The monoisotopic (exact) mass is 234 g/mol. The van der Waals surface area contributed by atoms with Gasteiger partial charge in [0.2, 0.25) is 5.91 Å². The van der Waals surface area contributed by atoms with Crippen LogP contribution in [0.25, 0.3) is 0 Å². The first-order valence-electron chi connectivity index (χ1n) is 5.75. The maximum atomic E-state index is 11.9. The van der Waals surface area contributed by atoms with Gasteiger partial charge in [-0.1, -0.05) is 0 Å². The van der Waals surface area contributed by atoms with Crippen LogP contribution in [0.15, 0.2) is 18.3 Å². The molecule has 2 heterocycles. The van der Waals surface area contributed by atoms with Crippen LogP contribution in [0.5, 0.6) is 0 Å². The van der Waals surface area contributed by atoms with Gasteiger partial charge in [0.1, 0.15) is 11.4 Å². The van der Waals surface area contributed by atoms with Gasteiger partial charge in [0.05, 0.1) is 0 Å². The van der Waals surface area contributed by atoms with E-state index in [0.29, 0.717) is 6.54 Å². The third-order valence-electron chi connectivity index (χ3n) is 3.16. The minimum atomic E-state index is -0.523. The number of amides is 1. The third kappa shape index (κ3) is 2.05. The fourth-order valence-corrected chi connectivity index (χ4v) is 2.08. The molecule has 0 aliphatic carbocycles. The molecule has 1 amide bonds. The average Bonchev–Trinajstić information content (AvgIpc) is 2.32. The number of nitrogens with zero attached hydrogens (tertiary/aromatic N) is 2.